The molecule has 3 rings (SSSR count). The zero-order chi connectivity index (χ0) is 16.9. The predicted molar refractivity (Wildman–Crippen MR) is 95.9 cm³/mol. The molecule has 0 radical (unpaired) electrons. The van der Waals surface area contributed by atoms with Gasteiger partial charge in [-0.15, -0.1) is 11.3 Å². The van der Waals surface area contributed by atoms with Crippen LogP contribution in [0.1, 0.15) is 28.1 Å². The van der Waals surface area contributed by atoms with E-state index in [9.17, 15) is 9.59 Å². The first-order valence-electron chi connectivity index (χ1n) is 8.27. The zero-order valence-electron chi connectivity index (χ0n) is 13.9. The maximum absolute atomic E-state index is 12.6. The fraction of sp³-hybridized carbons (Fsp3) is 0.368. The monoisotopic (exact) mass is 342 g/mol. The quantitative estimate of drug-likeness (QED) is 0.856. The van der Waals surface area contributed by atoms with E-state index in [1.54, 1.807) is 4.90 Å². The minimum absolute atomic E-state index is 0.0195. The lowest BCUT2D eigenvalue weighted by Crippen LogP contribution is -2.43. The molecule has 0 spiro atoms. The Bertz CT molecular complexity index is 677. The molecule has 2 heterocycles. The second kappa shape index (κ2) is 7.62. The van der Waals surface area contributed by atoms with E-state index in [1.165, 1.54) is 11.3 Å². The molecule has 0 unspecified atom stereocenters. The second-order valence-corrected chi connectivity index (χ2v) is 7.17. The Labute approximate surface area is 146 Å². The maximum Gasteiger partial charge on any atom is 0.263 e. The summed E-state index contributed by atoms with van der Waals surface area (Å²) in [5, 5.41) is 1.92. The SMILES string of the molecule is CN(Cc1ccccc1)C(=O)C1CCN(C(=O)c2cccs2)CC1. The summed E-state index contributed by atoms with van der Waals surface area (Å²) >= 11 is 1.47. The third-order valence-corrected chi connectivity index (χ3v) is 5.36. The molecule has 24 heavy (non-hydrogen) atoms. The molecule has 0 aliphatic carbocycles. The number of nitrogens with zero attached hydrogens (tertiary/aromatic N) is 2. The molecule has 1 saturated heterocycles. The van der Waals surface area contributed by atoms with Crippen LogP contribution in [0.5, 0.6) is 0 Å². The van der Waals surface area contributed by atoms with Crippen molar-refractivity contribution in [2.24, 2.45) is 5.92 Å². The van der Waals surface area contributed by atoms with Gasteiger partial charge in [0, 0.05) is 32.6 Å². The average molecular weight is 342 g/mol. The number of carbonyl (C=O) groups excluding carboxylic acids is 2. The molecule has 1 aromatic carbocycles. The van der Waals surface area contributed by atoms with Gasteiger partial charge in [0.05, 0.1) is 4.88 Å². The first-order valence-corrected chi connectivity index (χ1v) is 9.15. The molecular weight excluding hydrogens is 320 g/mol. The van der Waals surface area contributed by atoms with Crippen molar-refractivity contribution in [2.45, 2.75) is 19.4 Å². The minimum atomic E-state index is 0.0195. The Morgan fingerprint density at radius 3 is 2.46 bits per heavy atom. The Morgan fingerprint density at radius 1 is 1.12 bits per heavy atom. The highest BCUT2D eigenvalue weighted by atomic mass is 32.1. The average Bonchev–Trinajstić information content (AvgIpc) is 3.16. The van der Waals surface area contributed by atoms with Crippen molar-refractivity contribution < 1.29 is 9.59 Å². The largest absolute Gasteiger partial charge is 0.341 e. The summed E-state index contributed by atoms with van der Waals surface area (Å²) in [7, 11) is 1.86. The number of hydrogen-bond acceptors (Lipinski definition) is 3. The van der Waals surface area contributed by atoms with E-state index in [0.717, 1.165) is 23.3 Å². The summed E-state index contributed by atoms with van der Waals surface area (Å²) in [6, 6.07) is 13.8. The molecule has 0 bridgehead atoms. The minimum Gasteiger partial charge on any atom is -0.341 e. The zero-order valence-corrected chi connectivity index (χ0v) is 14.7. The smallest absolute Gasteiger partial charge is 0.263 e. The number of rotatable bonds is 4. The van der Waals surface area contributed by atoms with E-state index < -0.39 is 0 Å². The van der Waals surface area contributed by atoms with Crippen LogP contribution in [0.4, 0.5) is 0 Å². The Morgan fingerprint density at radius 2 is 1.83 bits per heavy atom. The third-order valence-electron chi connectivity index (χ3n) is 4.50. The first kappa shape index (κ1) is 16.7. The van der Waals surface area contributed by atoms with Gasteiger partial charge in [-0.1, -0.05) is 36.4 Å². The predicted octanol–water partition coefficient (Wildman–Crippen LogP) is 3.26. The van der Waals surface area contributed by atoms with Gasteiger partial charge in [0.2, 0.25) is 5.91 Å². The molecule has 0 saturated carbocycles. The molecule has 5 heteroatoms. The fourth-order valence-electron chi connectivity index (χ4n) is 3.13. The number of piperidine rings is 1. The summed E-state index contributed by atoms with van der Waals surface area (Å²) < 4.78 is 0. The van der Waals surface area contributed by atoms with Gasteiger partial charge in [-0.3, -0.25) is 9.59 Å². The van der Waals surface area contributed by atoms with E-state index >= 15 is 0 Å². The van der Waals surface area contributed by atoms with Gasteiger partial charge in [-0.05, 0) is 29.9 Å². The molecule has 1 aromatic heterocycles. The molecule has 1 aliphatic heterocycles. The van der Waals surface area contributed by atoms with Crippen molar-refractivity contribution in [3.8, 4) is 0 Å². The van der Waals surface area contributed by atoms with Crippen molar-refractivity contribution in [3.63, 3.8) is 0 Å². The number of likely N-dealkylation sites (tertiary alicyclic amines) is 1. The van der Waals surface area contributed by atoms with Crippen molar-refractivity contribution in [1.82, 2.24) is 9.80 Å². The van der Waals surface area contributed by atoms with Crippen LogP contribution < -0.4 is 0 Å². The normalized spacial score (nSPS) is 15.3. The third kappa shape index (κ3) is 3.85. The molecule has 0 atom stereocenters. The van der Waals surface area contributed by atoms with Crippen LogP contribution in [-0.2, 0) is 11.3 Å². The lowest BCUT2D eigenvalue weighted by molar-refractivity contribution is -0.136. The Balaban J connectivity index is 1.52. The van der Waals surface area contributed by atoms with Crippen LogP contribution in [-0.4, -0.2) is 41.8 Å². The first-order chi connectivity index (χ1) is 11.6. The number of benzene rings is 1. The standard InChI is InChI=1S/C19H22N2O2S/c1-20(14-15-6-3-2-4-7-15)18(22)16-9-11-21(12-10-16)19(23)17-8-5-13-24-17/h2-8,13,16H,9-12,14H2,1H3. The van der Waals surface area contributed by atoms with Gasteiger partial charge in [-0.2, -0.15) is 0 Å². The van der Waals surface area contributed by atoms with Crippen molar-refractivity contribution in [1.29, 1.82) is 0 Å². The highest BCUT2D eigenvalue weighted by Crippen LogP contribution is 2.22. The van der Waals surface area contributed by atoms with Gasteiger partial charge < -0.3 is 9.80 Å². The van der Waals surface area contributed by atoms with E-state index in [-0.39, 0.29) is 17.7 Å². The van der Waals surface area contributed by atoms with Crippen LogP contribution in [0.15, 0.2) is 47.8 Å². The van der Waals surface area contributed by atoms with Crippen LogP contribution in [0.3, 0.4) is 0 Å². The van der Waals surface area contributed by atoms with Crippen LogP contribution >= 0.6 is 11.3 Å². The number of hydrogen-bond donors (Lipinski definition) is 0. The van der Waals surface area contributed by atoms with Crippen molar-refractivity contribution >= 4 is 23.2 Å². The van der Waals surface area contributed by atoms with E-state index in [4.69, 9.17) is 0 Å². The highest BCUT2D eigenvalue weighted by Gasteiger charge is 2.29. The van der Waals surface area contributed by atoms with Gasteiger partial charge >= 0.3 is 0 Å². The van der Waals surface area contributed by atoms with E-state index in [0.29, 0.717) is 19.6 Å². The van der Waals surface area contributed by atoms with Crippen LogP contribution in [0.25, 0.3) is 0 Å². The molecule has 4 nitrogen and oxygen atoms in total. The number of thiophene rings is 1. The lowest BCUT2D eigenvalue weighted by atomic mass is 9.95. The van der Waals surface area contributed by atoms with Gasteiger partial charge in [0.25, 0.3) is 5.91 Å². The summed E-state index contributed by atoms with van der Waals surface area (Å²) in [6.45, 7) is 1.95. The molecule has 0 N–H and O–H groups in total. The van der Waals surface area contributed by atoms with Gasteiger partial charge in [-0.25, -0.2) is 0 Å². The summed E-state index contributed by atoms with van der Waals surface area (Å²) in [5.74, 6) is 0.293. The summed E-state index contributed by atoms with van der Waals surface area (Å²) in [4.78, 5) is 29.4. The van der Waals surface area contributed by atoms with E-state index in [2.05, 4.69) is 0 Å². The number of carbonyl (C=O) groups is 2. The van der Waals surface area contributed by atoms with E-state index in [1.807, 2.05) is 59.8 Å². The van der Waals surface area contributed by atoms with Crippen molar-refractivity contribution in [2.75, 3.05) is 20.1 Å². The lowest BCUT2D eigenvalue weighted by Gasteiger charge is -2.33. The summed E-state index contributed by atoms with van der Waals surface area (Å²) in [5.41, 5.74) is 1.14. The van der Waals surface area contributed by atoms with Gasteiger partial charge in [0.1, 0.15) is 0 Å². The van der Waals surface area contributed by atoms with Crippen LogP contribution in [0, 0.1) is 5.92 Å². The topological polar surface area (TPSA) is 40.6 Å². The molecule has 1 fully saturated rings. The highest BCUT2D eigenvalue weighted by molar-refractivity contribution is 7.12. The Hall–Kier alpha value is -2.14. The van der Waals surface area contributed by atoms with Gasteiger partial charge in [0.15, 0.2) is 0 Å². The fourth-order valence-corrected chi connectivity index (χ4v) is 3.82. The molecule has 2 aromatic rings. The number of amides is 2. The molecular formula is C19H22N2O2S. The Kier molecular flexibility index (Phi) is 5.30. The van der Waals surface area contributed by atoms with Crippen molar-refractivity contribution in [3.05, 3.63) is 58.3 Å². The molecule has 1 aliphatic rings. The van der Waals surface area contributed by atoms with Crippen LogP contribution in [0.2, 0.25) is 0 Å². The molecule has 126 valence electrons. The summed E-state index contributed by atoms with van der Waals surface area (Å²) in [6.07, 6.45) is 1.49. The molecule has 2 amide bonds. The second-order valence-electron chi connectivity index (χ2n) is 6.22. The maximum atomic E-state index is 12.6.